The van der Waals surface area contributed by atoms with E-state index in [1.54, 1.807) is 18.2 Å². The van der Waals surface area contributed by atoms with Crippen molar-refractivity contribution < 1.29 is 27.8 Å². The molecule has 3 aromatic carbocycles. The van der Waals surface area contributed by atoms with Crippen molar-refractivity contribution in [3.8, 4) is 0 Å². The van der Waals surface area contributed by atoms with Gasteiger partial charge in [0.25, 0.3) is 5.91 Å². The Labute approximate surface area is 229 Å². The number of halogens is 2. The molecule has 1 unspecified atom stereocenters. The van der Waals surface area contributed by atoms with Gasteiger partial charge in [0.1, 0.15) is 11.6 Å². The molecule has 0 bridgehead atoms. The Morgan fingerprint density at radius 3 is 2.44 bits per heavy atom. The zero-order valence-electron chi connectivity index (χ0n) is 22.3. The molecule has 1 heterocycles. The van der Waals surface area contributed by atoms with Crippen LogP contribution in [0.15, 0.2) is 60.7 Å². The van der Waals surface area contributed by atoms with Crippen molar-refractivity contribution in [3.63, 3.8) is 0 Å². The molecule has 6 nitrogen and oxygen atoms in total. The van der Waals surface area contributed by atoms with Gasteiger partial charge in [0, 0.05) is 18.2 Å². The molecule has 0 saturated heterocycles. The third kappa shape index (κ3) is 7.64. The fourth-order valence-electron chi connectivity index (χ4n) is 4.97. The first-order chi connectivity index (χ1) is 18.4. The summed E-state index contributed by atoms with van der Waals surface area (Å²) in [6, 6.07) is 14.8. The van der Waals surface area contributed by atoms with Gasteiger partial charge in [-0.05, 0) is 65.8 Å². The maximum absolute atomic E-state index is 13.9. The molecule has 0 saturated carbocycles. The van der Waals surface area contributed by atoms with Crippen LogP contribution in [0.5, 0.6) is 0 Å². The third-order valence-electron chi connectivity index (χ3n) is 7.04. The molecule has 1 aliphatic heterocycles. The molecule has 0 radical (unpaired) electrons. The number of carbonyl (C=O) groups excluding carboxylic acids is 1. The van der Waals surface area contributed by atoms with Gasteiger partial charge in [-0.2, -0.15) is 10.6 Å². The summed E-state index contributed by atoms with van der Waals surface area (Å²) in [6.07, 6.45) is -1.16. The Kier molecular flexibility index (Phi) is 9.08. The predicted molar refractivity (Wildman–Crippen MR) is 151 cm³/mol. The van der Waals surface area contributed by atoms with E-state index in [0.717, 1.165) is 28.3 Å². The quantitative estimate of drug-likeness (QED) is 0.232. The minimum absolute atomic E-state index is 0.00208. The van der Waals surface area contributed by atoms with Crippen molar-refractivity contribution in [1.29, 1.82) is 0 Å². The van der Waals surface area contributed by atoms with Crippen LogP contribution in [0.1, 0.15) is 64.0 Å². The van der Waals surface area contributed by atoms with Crippen LogP contribution < -0.4 is 10.6 Å². The van der Waals surface area contributed by atoms with Gasteiger partial charge >= 0.3 is 0 Å². The number of fused-ring (bicyclic) bond motifs is 1. The average Bonchev–Trinajstić information content (AvgIpc) is 2.85. The molecule has 39 heavy (non-hydrogen) atoms. The molecule has 4 rings (SSSR count). The first-order valence-corrected chi connectivity index (χ1v) is 14.9. The number of nitrogens with one attached hydrogen (secondary N) is 2. The molecule has 3 aromatic rings. The van der Waals surface area contributed by atoms with Crippen LogP contribution in [0.3, 0.4) is 0 Å². The van der Waals surface area contributed by atoms with Gasteiger partial charge in [-0.25, -0.2) is 8.78 Å². The summed E-state index contributed by atoms with van der Waals surface area (Å²) >= 11 is 0. The molecule has 1 aliphatic rings. The Bertz CT molecular complexity index is 1310. The highest BCUT2D eigenvalue weighted by molar-refractivity contribution is 8.23. The molecule has 1 amide bonds. The predicted octanol–water partition coefficient (Wildman–Crippen LogP) is 5.69. The van der Waals surface area contributed by atoms with Gasteiger partial charge in [0.15, 0.2) is 0 Å². The van der Waals surface area contributed by atoms with E-state index in [-0.39, 0.29) is 30.4 Å². The average molecular weight is 559 g/mol. The summed E-state index contributed by atoms with van der Waals surface area (Å²) in [6.45, 7) is 6.03. The lowest BCUT2D eigenvalue weighted by molar-refractivity contribution is 0.0825. The zero-order valence-corrected chi connectivity index (χ0v) is 23.1. The number of hydrogen-bond acceptors (Lipinski definition) is 5. The van der Waals surface area contributed by atoms with Gasteiger partial charge in [-0.15, -0.1) is 0 Å². The SMILES string of the molecule is Cc1cccc(C(=O)N[C@@H](Cc2cc(F)cc(F)c2)[C@@H](O)CNC2CS(O)(O)Cc3ccc(C(C)C)cc32)c1. The van der Waals surface area contributed by atoms with E-state index in [2.05, 4.69) is 30.5 Å². The summed E-state index contributed by atoms with van der Waals surface area (Å²) in [7, 11) is -2.86. The van der Waals surface area contributed by atoms with Gasteiger partial charge in [-0.1, -0.05) is 49.7 Å². The molecule has 0 spiro atoms. The standard InChI is InChI=1S/C30H36F2N2O4S/c1-18(2)21-7-8-23-16-39(37,38)17-28(26(23)13-21)33-15-29(35)27(12-20-10-24(31)14-25(32)11-20)34-30(36)22-6-4-5-19(3)9-22/h4-11,13-14,18,27-29,33,35,37-38H,12,15-17H2,1-3H3,(H,34,36)/t27-,28?,29-/m0/s1. The zero-order chi connectivity index (χ0) is 28.3. The number of aliphatic hydroxyl groups excluding tert-OH is 1. The molecular weight excluding hydrogens is 522 g/mol. The highest BCUT2D eigenvalue weighted by Gasteiger charge is 2.32. The van der Waals surface area contributed by atoms with Gasteiger partial charge in [0.05, 0.1) is 29.7 Å². The minimum atomic E-state index is -2.86. The minimum Gasteiger partial charge on any atom is -0.390 e. The van der Waals surface area contributed by atoms with E-state index in [9.17, 15) is 27.8 Å². The number of rotatable bonds is 9. The summed E-state index contributed by atoms with van der Waals surface area (Å²) in [5.41, 5.74) is 4.51. The lowest BCUT2D eigenvalue weighted by Gasteiger charge is -2.42. The molecule has 0 aliphatic carbocycles. The van der Waals surface area contributed by atoms with Crippen molar-refractivity contribution in [2.24, 2.45) is 0 Å². The highest BCUT2D eigenvalue weighted by Crippen LogP contribution is 2.51. The van der Waals surface area contributed by atoms with Crippen molar-refractivity contribution in [3.05, 3.63) is 106 Å². The molecular formula is C30H36F2N2O4S. The summed E-state index contributed by atoms with van der Waals surface area (Å²) < 4.78 is 48.9. The molecule has 210 valence electrons. The molecule has 0 aromatic heterocycles. The maximum Gasteiger partial charge on any atom is 0.251 e. The van der Waals surface area contributed by atoms with Crippen LogP contribution in [0, 0.1) is 18.6 Å². The number of hydrogen-bond donors (Lipinski definition) is 5. The lowest BCUT2D eigenvalue weighted by Crippen LogP contribution is -2.49. The normalized spacial score (nSPS) is 18.7. The Morgan fingerprint density at radius 2 is 1.77 bits per heavy atom. The number of aryl methyl sites for hydroxylation is 1. The van der Waals surface area contributed by atoms with Crippen molar-refractivity contribution in [2.45, 2.75) is 57.1 Å². The largest absolute Gasteiger partial charge is 0.390 e. The first-order valence-electron chi connectivity index (χ1n) is 13.0. The summed E-state index contributed by atoms with van der Waals surface area (Å²) in [4.78, 5) is 13.0. The maximum atomic E-state index is 13.9. The molecule has 5 N–H and O–H groups in total. The second-order valence-electron chi connectivity index (χ2n) is 10.7. The van der Waals surface area contributed by atoms with Crippen LogP contribution in [0.25, 0.3) is 0 Å². The van der Waals surface area contributed by atoms with Crippen LogP contribution in [0.2, 0.25) is 0 Å². The number of aliphatic hydroxyl groups is 1. The molecule has 9 heteroatoms. The number of carbonyl (C=O) groups is 1. The Morgan fingerprint density at radius 1 is 1.05 bits per heavy atom. The van der Waals surface area contributed by atoms with E-state index >= 15 is 0 Å². The van der Waals surface area contributed by atoms with Crippen molar-refractivity contribution in [2.75, 3.05) is 12.3 Å². The fraction of sp³-hybridized carbons (Fsp3) is 0.367. The van der Waals surface area contributed by atoms with Crippen molar-refractivity contribution >= 4 is 16.5 Å². The topological polar surface area (TPSA) is 102 Å². The van der Waals surface area contributed by atoms with Gasteiger partial charge < -0.3 is 15.7 Å². The Hall–Kier alpha value is -2.82. The van der Waals surface area contributed by atoms with Crippen LogP contribution in [-0.2, 0) is 12.2 Å². The monoisotopic (exact) mass is 558 g/mol. The second kappa shape index (κ2) is 12.1. The van der Waals surface area contributed by atoms with Crippen LogP contribution in [-0.4, -0.2) is 44.6 Å². The van der Waals surface area contributed by atoms with Crippen molar-refractivity contribution in [1.82, 2.24) is 10.6 Å². The van der Waals surface area contributed by atoms with E-state index in [4.69, 9.17) is 0 Å². The fourth-order valence-corrected chi connectivity index (χ4v) is 6.68. The van der Waals surface area contributed by atoms with E-state index < -0.39 is 46.3 Å². The van der Waals surface area contributed by atoms with E-state index in [1.165, 1.54) is 12.1 Å². The smallest absolute Gasteiger partial charge is 0.251 e. The van der Waals surface area contributed by atoms with Crippen LogP contribution in [0.4, 0.5) is 8.78 Å². The summed E-state index contributed by atoms with van der Waals surface area (Å²) in [5.74, 6) is -1.33. The van der Waals surface area contributed by atoms with Gasteiger partial charge in [0.2, 0.25) is 0 Å². The highest BCUT2D eigenvalue weighted by atomic mass is 32.3. The lowest BCUT2D eigenvalue weighted by atomic mass is 9.94. The van der Waals surface area contributed by atoms with E-state index in [1.807, 2.05) is 25.1 Å². The summed E-state index contributed by atoms with van der Waals surface area (Å²) in [5, 5.41) is 17.3. The van der Waals surface area contributed by atoms with E-state index in [0.29, 0.717) is 11.1 Å². The first kappa shape index (κ1) is 29.2. The number of benzene rings is 3. The molecule has 3 atom stereocenters. The number of amides is 1. The third-order valence-corrected chi connectivity index (χ3v) is 8.69. The Balaban J connectivity index is 1.56. The molecule has 0 fully saturated rings. The van der Waals surface area contributed by atoms with Crippen LogP contribution >= 0.6 is 10.6 Å². The van der Waals surface area contributed by atoms with Gasteiger partial charge in [-0.3, -0.25) is 13.9 Å². The second-order valence-corrected chi connectivity index (χ2v) is 12.9.